The Kier molecular flexibility index (Phi) is 2.85. The number of hydrogen-bond donors (Lipinski definition) is 1. The molecule has 2 N–H and O–H groups in total. The molecule has 4 heteroatoms. The van der Waals surface area contributed by atoms with Gasteiger partial charge in [-0.2, -0.15) is 13.2 Å². The molecule has 0 aromatic heterocycles. The lowest BCUT2D eigenvalue weighted by Gasteiger charge is -2.18. The molecule has 1 aromatic rings. The first kappa shape index (κ1) is 11.0. The average Bonchev–Trinajstić information content (AvgIpc) is 2.01. The summed E-state index contributed by atoms with van der Waals surface area (Å²) in [7, 11) is 0. The fourth-order valence-electron chi connectivity index (χ4n) is 1.35. The number of alkyl halides is 3. The van der Waals surface area contributed by atoms with E-state index in [1.165, 1.54) is 6.07 Å². The molecule has 0 amide bonds. The SMILES string of the molecule is Cc1ccc([C@H](N)C(F)(F)F)c(C)c1. The van der Waals surface area contributed by atoms with Crippen molar-refractivity contribution in [2.24, 2.45) is 5.73 Å². The van der Waals surface area contributed by atoms with Crippen molar-refractivity contribution in [2.45, 2.75) is 26.1 Å². The summed E-state index contributed by atoms with van der Waals surface area (Å²) in [4.78, 5) is 0. The number of nitrogens with two attached hydrogens (primary N) is 1. The van der Waals surface area contributed by atoms with Crippen LogP contribution in [0.3, 0.4) is 0 Å². The van der Waals surface area contributed by atoms with Gasteiger partial charge in [0.15, 0.2) is 0 Å². The highest BCUT2D eigenvalue weighted by Crippen LogP contribution is 2.32. The zero-order valence-electron chi connectivity index (χ0n) is 8.02. The van der Waals surface area contributed by atoms with E-state index in [-0.39, 0.29) is 5.56 Å². The topological polar surface area (TPSA) is 26.0 Å². The first-order valence-corrected chi connectivity index (χ1v) is 4.22. The molecule has 0 fully saturated rings. The van der Waals surface area contributed by atoms with Gasteiger partial charge < -0.3 is 5.73 Å². The Balaban J connectivity index is 3.08. The summed E-state index contributed by atoms with van der Waals surface area (Å²) in [5.74, 6) is 0. The van der Waals surface area contributed by atoms with Crippen molar-refractivity contribution in [1.82, 2.24) is 0 Å². The van der Waals surface area contributed by atoms with Crippen molar-refractivity contribution in [3.05, 3.63) is 34.9 Å². The Labute approximate surface area is 80.7 Å². The van der Waals surface area contributed by atoms with Gasteiger partial charge >= 0.3 is 6.18 Å². The summed E-state index contributed by atoms with van der Waals surface area (Å²) < 4.78 is 36.9. The third-order valence-corrected chi connectivity index (χ3v) is 2.11. The Morgan fingerprint density at radius 1 is 1.21 bits per heavy atom. The lowest BCUT2D eigenvalue weighted by Crippen LogP contribution is -2.29. The van der Waals surface area contributed by atoms with Gasteiger partial charge in [0, 0.05) is 0 Å². The lowest BCUT2D eigenvalue weighted by molar-refractivity contribution is -0.149. The Bertz CT molecular complexity index is 331. The maximum absolute atomic E-state index is 12.3. The van der Waals surface area contributed by atoms with Crippen molar-refractivity contribution in [2.75, 3.05) is 0 Å². The van der Waals surface area contributed by atoms with E-state index in [4.69, 9.17) is 5.73 Å². The van der Waals surface area contributed by atoms with Crippen molar-refractivity contribution in [1.29, 1.82) is 0 Å². The van der Waals surface area contributed by atoms with Crippen LogP contribution >= 0.6 is 0 Å². The lowest BCUT2D eigenvalue weighted by atomic mass is 9.99. The predicted octanol–water partition coefficient (Wildman–Crippen LogP) is 2.87. The second-order valence-electron chi connectivity index (χ2n) is 3.38. The highest BCUT2D eigenvalue weighted by molar-refractivity contribution is 5.33. The number of benzene rings is 1. The van der Waals surface area contributed by atoms with Gasteiger partial charge in [0.2, 0.25) is 0 Å². The fraction of sp³-hybridized carbons (Fsp3) is 0.400. The number of halogens is 3. The Morgan fingerprint density at radius 2 is 1.79 bits per heavy atom. The highest BCUT2D eigenvalue weighted by Gasteiger charge is 2.38. The number of rotatable bonds is 1. The van der Waals surface area contributed by atoms with Crippen LogP contribution < -0.4 is 5.73 Å². The zero-order valence-corrected chi connectivity index (χ0v) is 8.02. The monoisotopic (exact) mass is 203 g/mol. The van der Waals surface area contributed by atoms with Gasteiger partial charge in [-0.05, 0) is 25.0 Å². The molecule has 0 radical (unpaired) electrons. The Hall–Kier alpha value is -1.03. The molecule has 1 aromatic carbocycles. The van der Waals surface area contributed by atoms with Gasteiger partial charge in [-0.1, -0.05) is 23.8 Å². The highest BCUT2D eigenvalue weighted by atomic mass is 19.4. The Morgan fingerprint density at radius 3 is 2.21 bits per heavy atom. The van der Waals surface area contributed by atoms with E-state index >= 15 is 0 Å². The minimum atomic E-state index is -4.37. The van der Waals surface area contributed by atoms with E-state index in [1.54, 1.807) is 19.1 Å². The molecule has 0 aliphatic rings. The molecule has 78 valence electrons. The van der Waals surface area contributed by atoms with E-state index in [0.717, 1.165) is 5.56 Å². The van der Waals surface area contributed by atoms with Crippen LogP contribution in [-0.4, -0.2) is 6.18 Å². The molecule has 0 aliphatic heterocycles. The number of aryl methyl sites for hydroxylation is 2. The molecule has 1 atom stereocenters. The van der Waals surface area contributed by atoms with Gasteiger partial charge in [0.1, 0.15) is 6.04 Å². The van der Waals surface area contributed by atoms with Crippen LogP contribution in [0.1, 0.15) is 22.7 Å². The van der Waals surface area contributed by atoms with E-state index < -0.39 is 12.2 Å². The summed E-state index contributed by atoms with van der Waals surface area (Å²) in [6.45, 7) is 3.46. The molecular formula is C10H12F3N. The standard InChI is InChI=1S/C10H12F3N/c1-6-3-4-8(7(2)5-6)9(14)10(11,12)13/h3-5,9H,14H2,1-2H3/t9-/m0/s1. The van der Waals surface area contributed by atoms with Crippen LogP contribution in [0.5, 0.6) is 0 Å². The quantitative estimate of drug-likeness (QED) is 0.746. The molecule has 0 spiro atoms. The molecule has 0 saturated carbocycles. The molecule has 1 nitrogen and oxygen atoms in total. The largest absolute Gasteiger partial charge is 0.407 e. The van der Waals surface area contributed by atoms with Crippen molar-refractivity contribution in [3.63, 3.8) is 0 Å². The average molecular weight is 203 g/mol. The van der Waals surface area contributed by atoms with Crippen LogP contribution in [0.4, 0.5) is 13.2 Å². The van der Waals surface area contributed by atoms with Crippen LogP contribution in [0.25, 0.3) is 0 Å². The molecule has 0 aliphatic carbocycles. The van der Waals surface area contributed by atoms with E-state index in [0.29, 0.717) is 5.56 Å². The van der Waals surface area contributed by atoms with Gasteiger partial charge in [-0.15, -0.1) is 0 Å². The minimum absolute atomic E-state index is 0.142. The van der Waals surface area contributed by atoms with E-state index in [9.17, 15) is 13.2 Å². The molecule has 1 rings (SSSR count). The molecule has 14 heavy (non-hydrogen) atoms. The second-order valence-corrected chi connectivity index (χ2v) is 3.38. The van der Waals surface area contributed by atoms with E-state index in [2.05, 4.69) is 0 Å². The van der Waals surface area contributed by atoms with Crippen LogP contribution in [0.2, 0.25) is 0 Å². The molecule has 0 unspecified atom stereocenters. The summed E-state index contributed by atoms with van der Waals surface area (Å²) in [5.41, 5.74) is 6.75. The van der Waals surface area contributed by atoms with Crippen LogP contribution in [0.15, 0.2) is 18.2 Å². The summed E-state index contributed by atoms with van der Waals surface area (Å²) in [6, 6.07) is 2.88. The van der Waals surface area contributed by atoms with Crippen molar-refractivity contribution >= 4 is 0 Å². The summed E-state index contributed by atoms with van der Waals surface area (Å²) in [5, 5.41) is 0. The van der Waals surface area contributed by atoms with Gasteiger partial charge in [-0.3, -0.25) is 0 Å². The van der Waals surface area contributed by atoms with Gasteiger partial charge in [-0.25, -0.2) is 0 Å². The van der Waals surface area contributed by atoms with Crippen molar-refractivity contribution in [3.8, 4) is 0 Å². The smallest absolute Gasteiger partial charge is 0.316 e. The number of hydrogen-bond acceptors (Lipinski definition) is 1. The van der Waals surface area contributed by atoms with E-state index in [1.807, 2.05) is 6.92 Å². The molecule has 0 heterocycles. The maximum Gasteiger partial charge on any atom is 0.407 e. The summed E-state index contributed by atoms with van der Waals surface area (Å²) >= 11 is 0. The summed E-state index contributed by atoms with van der Waals surface area (Å²) in [6.07, 6.45) is -4.37. The molecule has 0 bridgehead atoms. The van der Waals surface area contributed by atoms with Gasteiger partial charge in [0.25, 0.3) is 0 Å². The first-order valence-electron chi connectivity index (χ1n) is 4.22. The van der Waals surface area contributed by atoms with Crippen LogP contribution in [-0.2, 0) is 0 Å². The maximum atomic E-state index is 12.3. The normalized spacial score (nSPS) is 14.1. The predicted molar refractivity (Wildman–Crippen MR) is 48.9 cm³/mol. The zero-order chi connectivity index (χ0) is 10.9. The second kappa shape index (κ2) is 3.61. The third kappa shape index (κ3) is 2.26. The first-order chi connectivity index (χ1) is 6.32. The van der Waals surface area contributed by atoms with Crippen molar-refractivity contribution < 1.29 is 13.2 Å². The third-order valence-electron chi connectivity index (χ3n) is 2.11. The minimum Gasteiger partial charge on any atom is -0.316 e. The molecular weight excluding hydrogens is 191 g/mol. The van der Waals surface area contributed by atoms with Crippen LogP contribution in [0, 0.1) is 13.8 Å². The molecule has 0 saturated heterocycles. The fourth-order valence-corrected chi connectivity index (χ4v) is 1.35. The van der Waals surface area contributed by atoms with Gasteiger partial charge in [0.05, 0.1) is 0 Å².